The van der Waals surface area contributed by atoms with Crippen molar-refractivity contribution in [3.05, 3.63) is 108 Å². The Labute approximate surface area is 188 Å². The van der Waals surface area contributed by atoms with E-state index in [-0.39, 0.29) is 0 Å². The molecular weight excluding hydrogens is 400 g/mol. The number of carbonyl (C=O) groups excluding carboxylic acids is 2. The summed E-state index contributed by atoms with van der Waals surface area (Å²) in [7, 11) is 0. The molecule has 0 amide bonds. The second-order valence-electron chi connectivity index (χ2n) is 7.83. The summed E-state index contributed by atoms with van der Waals surface area (Å²) in [5, 5.41) is 0. The van der Waals surface area contributed by atoms with Crippen LogP contribution in [-0.4, -0.2) is 11.9 Å². The van der Waals surface area contributed by atoms with Crippen LogP contribution >= 0.6 is 0 Å². The topological polar surface area (TPSA) is 52.6 Å². The van der Waals surface area contributed by atoms with Crippen molar-refractivity contribution in [3.8, 4) is 22.6 Å². The molecule has 32 heavy (non-hydrogen) atoms. The quantitative estimate of drug-likeness (QED) is 0.256. The standard InChI is InChI=1S/C28H26O4/c1-18(2)27(29)31-25-13-10-23(11-14-25)22-8-6-21(7-9-22)17-24-12-15-26(16-20(24)5)32-28(30)19(3)4/h6-16H,1,3,17H2,2,4-5H3. The largest absolute Gasteiger partial charge is 0.423 e. The van der Waals surface area contributed by atoms with Gasteiger partial charge in [-0.2, -0.15) is 0 Å². The van der Waals surface area contributed by atoms with Crippen LogP contribution in [0.4, 0.5) is 0 Å². The van der Waals surface area contributed by atoms with E-state index in [4.69, 9.17) is 9.47 Å². The van der Waals surface area contributed by atoms with Crippen molar-refractivity contribution >= 4 is 11.9 Å². The zero-order valence-corrected chi connectivity index (χ0v) is 18.6. The summed E-state index contributed by atoms with van der Waals surface area (Å²) in [6.07, 6.45) is 0.774. The van der Waals surface area contributed by atoms with Crippen LogP contribution in [0.1, 0.15) is 30.5 Å². The predicted octanol–water partition coefficient (Wildman–Crippen LogP) is 6.22. The lowest BCUT2D eigenvalue weighted by atomic mass is 9.98. The predicted molar refractivity (Wildman–Crippen MR) is 127 cm³/mol. The van der Waals surface area contributed by atoms with Gasteiger partial charge in [-0.25, -0.2) is 9.59 Å². The van der Waals surface area contributed by atoms with E-state index in [0.717, 1.165) is 28.7 Å². The van der Waals surface area contributed by atoms with Gasteiger partial charge in [0.15, 0.2) is 0 Å². The zero-order chi connectivity index (χ0) is 23.3. The number of aryl methyl sites for hydroxylation is 1. The fraction of sp³-hybridized carbons (Fsp3) is 0.143. The Morgan fingerprint density at radius 2 is 1.19 bits per heavy atom. The van der Waals surface area contributed by atoms with Gasteiger partial charge in [-0.05, 0) is 79.3 Å². The van der Waals surface area contributed by atoms with Gasteiger partial charge >= 0.3 is 11.9 Å². The summed E-state index contributed by atoms with van der Waals surface area (Å²) >= 11 is 0. The van der Waals surface area contributed by atoms with Crippen LogP contribution in [0.5, 0.6) is 11.5 Å². The maximum absolute atomic E-state index is 11.7. The Bertz CT molecular complexity index is 1170. The third kappa shape index (κ3) is 5.82. The summed E-state index contributed by atoms with van der Waals surface area (Å²) in [6.45, 7) is 12.4. The molecule has 162 valence electrons. The number of ether oxygens (including phenoxy) is 2. The van der Waals surface area contributed by atoms with Crippen LogP contribution in [0.3, 0.4) is 0 Å². The number of hydrogen-bond acceptors (Lipinski definition) is 4. The first-order valence-electron chi connectivity index (χ1n) is 10.3. The highest BCUT2D eigenvalue weighted by molar-refractivity contribution is 5.89. The SMILES string of the molecule is C=C(C)C(=O)Oc1ccc(-c2ccc(Cc3ccc(OC(=O)C(=C)C)cc3C)cc2)cc1. The summed E-state index contributed by atoms with van der Waals surface area (Å²) in [6, 6.07) is 21.4. The van der Waals surface area contributed by atoms with Crippen molar-refractivity contribution in [2.45, 2.75) is 27.2 Å². The minimum absolute atomic E-state index is 0.363. The van der Waals surface area contributed by atoms with E-state index in [9.17, 15) is 9.59 Å². The fourth-order valence-corrected chi connectivity index (χ4v) is 3.07. The molecule has 0 aromatic heterocycles. The molecule has 3 rings (SSSR count). The highest BCUT2D eigenvalue weighted by atomic mass is 16.5. The van der Waals surface area contributed by atoms with Crippen molar-refractivity contribution < 1.29 is 19.1 Å². The fourth-order valence-electron chi connectivity index (χ4n) is 3.07. The van der Waals surface area contributed by atoms with Crippen LogP contribution in [0, 0.1) is 6.92 Å². The molecule has 0 aliphatic rings. The molecule has 0 aliphatic heterocycles. The summed E-state index contributed by atoms with van der Waals surface area (Å²) in [5.41, 5.74) is 6.24. The van der Waals surface area contributed by atoms with Gasteiger partial charge in [0.2, 0.25) is 0 Å². The average Bonchev–Trinajstić information content (AvgIpc) is 2.76. The molecule has 0 N–H and O–H groups in total. The molecule has 4 heteroatoms. The van der Waals surface area contributed by atoms with E-state index < -0.39 is 11.9 Å². The lowest BCUT2D eigenvalue weighted by Gasteiger charge is -2.10. The molecule has 0 bridgehead atoms. The van der Waals surface area contributed by atoms with Gasteiger partial charge in [0, 0.05) is 11.1 Å². The molecule has 0 radical (unpaired) electrons. The molecule has 3 aromatic carbocycles. The smallest absolute Gasteiger partial charge is 0.338 e. The van der Waals surface area contributed by atoms with Gasteiger partial charge in [-0.15, -0.1) is 0 Å². The third-order valence-corrected chi connectivity index (χ3v) is 4.97. The third-order valence-electron chi connectivity index (χ3n) is 4.97. The van der Waals surface area contributed by atoms with Crippen molar-refractivity contribution in [2.75, 3.05) is 0 Å². The lowest BCUT2D eigenvalue weighted by molar-refractivity contribution is -0.130. The van der Waals surface area contributed by atoms with E-state index in [1.807, 2.05) is 31.2 Å². The molecule has 3 aromatic rings. The Hall–Kier alpha value is -3.92. The minimum atomic E-state index is -0.431. The van der Waals surface area contributed by atoms with Crippen molar-refractivity contribution in [1.82, 2.24) is 0 Å². The summed E-state index contributed by atoms with van der Waals surface area (Å²) in [4.78, 5) is 23.3. The Balaban J connectivity index is 1.67. The molecule has 0 saturated carbocycles. The maximum atomic E-state index is 11.7. The van der Waals surface area contributed by atoms with Crippen molar-refractivity contribution in [3.63, 3.8) is 0 Å². The van der Waals surface area contributed by atoms with E-state index in [1.165, 1.54) is 5.56 Å². The first-order valence-corrected chi connectivity index (χ1v) is 10.3. The zero-order valence-electron chi connectivity index (χ0n) is 18.6. The van der Waals surface area contributed by atoms with Crippen LogP contribution in [0.15, 0.2) is 91.0 Å². The summed E-state index contributed by atoms with van der Waals surface area (Å²) in [5.74, 6) is 0.160. The van der Waals surface area contributed by atoms with Crippen molar-refractivity contribution in [2.24, 2.45) is 0 Å². The number of hydrogen-bond donors (Lipinski definition) is 0. The lowest BCUT2D eigenvalue weighted by Crippen LogP contribution is -2.08. The monoisotopic (exact) mass is 426 g/mol. The van der Waals surface area contributed by atoms with Gasteiger partial charge in [0.05, 0.1) is 0 Å². The second kappa shape index (κ2) is 9.92. The van der Waals surface area contributed by atoms with Crippen LogP contribution in [0.2, 0.25) is 0 Å². The Morgan fingerprint density at radius 3 is 1.69 bits per heavy atom. The maximum Gasteiger partial charge on any atom is 0.338 e. The molecule has 4 nitrogen and oxygen atoms in total. The number of esters is 2. The highest BCUT2D eigenvalue weighted by Crippen LogP contribution is 2.25. The second-order valence-corrected chi connectivity index (χ2v) is 7.83. The first-order chi connectivity index (χ1) is 15.2. The van der Waals surface area contributed by atoms with Gasteiger partial charge in [-0.1, -0.05) is 55.6 Å². The normalized spacial score (nSPS) is 10.3. The van der Waals surface area contributed by atoms with E-state index in [2.05, 4.69) is 37.4 Å². The summed E-state index contributed by atoms with van der Waals surface area (Å²) < 4.78 is 10.5. The molecule has 0 unspecified atom stereocenters. The number of carbonyl (C=O) groups is 2. The average molecular weight is 427 g/mol. The van der Waals surface area contributed by atoms with Crippen LogP contribution in [-0.2, 0) is 16.0 Å². The van der Waals surface area contributed by atoms with Crippen molar-refractivity contribution in [1.29, 1.82) is 0 Å². The number of rotatable bonds is 7. The molecule has 0 heterocycles. The van der Waals surface area contributed by atoms with E-state index >= 15 is 0 Å². The Kier molecular flexibility index (Phi) is 7.06. The van der Waals surface area contributed by atoms with E-state index in [1.54, 1.807) is 32.0 Å². The van der Waals surface area contributed by atoms with E-state index in [0.29, 0.717) is 22.6 Å². The van der Waals surface area contributed by atoms with Gasteiger partial charge in [-0.3, -0.25) is 0 Å². The number of benzene rings is 3. The molecule has 0 fully saturated rings. The molecule has 0 atom stereocenters. The molecule has 0 saturated heterocycles. The minimum Gasteiger partial charge on any atom is -0.423 e. The van der Waals surface area contributed by atoms with Gasteiger partial charge < -0.3 is 9.47 Å². The Morgan fingerprint density at radius 1 is 0.719 bits per heavy atom. The molecule has 0 spiro atoms. The molecule has 0 aliphatic carbocycles. The van der Waals surface area contributed by atoms with Gasteiger partial charge in [0.1, 0.15) is 11.5 Å². The van der Waals surface area contributed by atoms with Crippen LogP contribution < -0.4 is 9.47 Å². The first kappa shape index (κ1) is 22.8. The van der Waals surface area contributed by atoms with Crippen LogP contribution in [0.25, 0.3) is 11.1 Å². The molecular formula is C28H26O4. The highest BCUT2D eigenvalue weighted by Gasteiger charge is 2.09. The van der Waals surface area contributed by atoms with Gasteiger partial charge in [0.25, 0.3) is 0 Å².